The van der Waals surface area contributed by atoms with Crippen LogP contribution in [0.25, 0.3) is 22.1 Å². The molecule has 0 atom stereocenters. The van der Waals surface area contributed by atoms with E-state index in [1.54, 1.807) is 27.7 Å². The van der Waals surface area contributed by atoms with Gasteiger partial charge in [0.2, 0.25) is 23.1 Å². The Kier molecular flexibility index (Phi) is 10.5. The third kappa shape index (κ3) is 7.22. The second-order valence-electron chi connectivity index (χ2n) is 13.4. The number of aromatic nitrogens is 8. The topological polar surface area (TPSA) is 200 Å². The lowest BCUT2D eigenvalue weighted by atomic mass is 10.1. The number of rotatable bonds is 11. The molecule has 4 N–H and O–H groups in total. The number of primary amides is 2. The normalized spacial score (nSPS) is 13.0. The predicted octanol–water partition coefficient (Wildman–Crippen LogP) is 3.74. The average molecular weight is 858 g/mol. The Morgan fingerprint density at radius 3 is 1.63 bits per heavy atom. The number of halogens is 5. The van der Waals surface area contributed by atoms with Crippen molar-refractivity contribution in [1.29, 1.82) is 0 Å². The minimum Gasteiger partial charge on any atom is -0.366 e. The first-order valence-electron chi connectivity index (χ1n) is 17.4. The van der Waals surface area contributed by atoms with Gasteiger partial charge < -0.3 is 29.7 Å². The van der Waals surface area contributed by atoms with Crippen LogP contribution in [0.1, 0.15) is 66.9 Å². The lowest BCUT2D eigenvalue weighted by molar-refractivity contribution is -0.221. The molecule has 57 heavy (non-hydrogen) atoms. The van der Waals surface area contributed by atoms with Crippen molar-refractivity contribution in [2.24, 2.45) is 35.5 Å². The molecule has 0 aliphatic carbocycles. The van der Waals surface area contributed by atoms with Crippen LogP contribution >= 0.6 is 15.9 Å². The zero-order valence-electron chi connectivity index (χ0n) is 31.5. The van der Waals surface area contributed by atoms with Gasteiger partial charge in [0.1, 0.15) is 11.4 Å². The maximum atomic E-state index is 16.5. The van der Waals surface area contributed by atoms with E-state index in [1.165, 1.54) is 75.1 Å². The molecule has 21 heteroatoms. The second-order valence-corrected chi connectivity index (χ2v) is 14.2. The summed E-state index contributed by atoms with van der Waals surface area (Å²) in [5.41, 5.74) is 11.1. The van der Waals surface area contributed by atoms with Crippen LogP contribution in [0.15, 0.2) is 56.9 Å². The third-order valence-corrected chi connectivity index (χ3v) is 10.1. The van der Waals surface area contributed by atoms with Gasteiger partial charge in [-0.1, -0.05) is 0 Å². The van der Waals surface area contributed by atoms with Crippen molar-refractivity contribution >= 4 is 61.6 Å². The van der Waals surface area contributed by atoms with Crippen molar-refractivity contribution in [3.8, 4) is 0 Å². The van der Waals surface area contributed by atoms with E-state index in [0.29, 0.717) is 11.4 Å². The minimum absolute atomic E-state index is 0.00898. The molecule has 6 rings (SSSR count). The first kappa shape index (κ1) is 40.5. The van der Waals surface area contributed by atoms with Crippen molar-refractivity contribution < 1.29 is 36.7 Å². The summed E-state index contributed by atoms with van der Waals surface area (Å²) in [7, 11) is 2.73. The van der Waals surface area contributed by atoms with Gasteiger partial charge in [0.05, 0.1) is 46.5 Å². The summed E-state index contributed by atoms with van der Waals surface area (Å²) >= 11 is 3.27. The monoisotopic (exact) mass is 856 g/mol. The summed E-state index contributed by atoms with van der Waals surface area (Å²) in [6.45, 7) is 3.87. The molecule has 0 saturated heterocycles. The van der Waals surface area contributed by atoms with E-state index in [1.807, 2.05) is 0 Å². The Morgan fingerprint density at radius 1 is 0.684 bits per heavy atom. The van der Waals surface area contributed by atoms with Crippen molar-refractivity contribution in [2.45, 2.75) is 65.7 Å². The van der Waals surface area contributed by atoms with Gasteiger partial charge in [-0.3, -0.25) is 28.5 Å². The van der Waals surface area contributed by atoms with Gasteiger partial charge in [0.15, 0.2) is 0 Å². The highest BCUT2D eigenvalue weighted by Crippen LogP contribution is 2.39. The van der Waals surface area contributed by atoms with E-state index in [-0.39, 0.29) is 62.1 Å². The number of imidazole rings is 2. The van der Waals surface area contributed by atoms with Crippen LogP contribution in [0.5, 0.6) is 0 Å². The van der Waals surface area contributed by atoms with E-state index in [9.17, 15) is 19.2 Å². The smallest absolute Gasteiger partial charge is 0.329 e. The van der Waals surface area contributed by atoms with Crippen molar-refractivity contribution in [3.05, 3.63) is 92.1 Å². The van der Waals surface area contributed by atoms with Gasteiger partial charge in [0.25, 0.3) is 11.8 Å². The molecule has 0 saturated carbocycles. The number of aryl methyl sites for hydroxylation is 6. The zero-order chi connectivity index (χ0) is 41.9. The van der Waals surface area contributed by atoms with Crippen molar-refractivity contribution in [2.75, 3.05) is 0 Å². The molecular formula is C36H37BrF4N12O4. The Labute approximate surface area is 328 Å². The van der Waals surface area contributed by atoms with Crippen LogP contribution in [0.2, 0.25) is 0 Å². The Hall–Kier alpha value is -6.12. The van der Waals surface area contributed by atoms with Gasteiger partial charge in [0, 0.05) is 42.8 Å². The minimum atomic E-state index is -4.90. The van der Waals surface area contributed by atoms with Crippen LogP contribution in [0, 0.1) is 13.8 Å². The molecule has 2 aromatic carbocycles. The molecule has 0 spiro atoms. The highest BCUT2D eigenvalue weighted by Gasteiger charge is 2.57. The SMILES string of the molecule is CCn1nc(C)cc1C(=O)/N=c1\n(C)c2cc(C(N)=O)ccc2n1CC(F)(F)C(F)(F)Cn1/c(=N/C(=O)c2cc(C)nn2CC)n(C)c2cc(C(N)=O)cc(Br)c21. The molecule has 4 heterocycles. The second kappa shape index (κ2) is 14.8. The number of nitrogens with two attached hydrogens (primary N) is 2. The Bertz CT molecular complexity index is 2800. The number of hydrogen-bond donors (Lipinski definition) is 2. The molecule has 4 amide bonds. The first-order valence-corrected chi connectivity index (χ1v) is 18.2. The summed E-state index contributed by atoms with van der Waals surface area (Å²) in [5, 5.41) is 8.45. The molecule has 300 valence electrons. The quantitative estimate of drug-likeness (QED) is 0.186. The molecule has 16 nitrogen and oxygen atoms in total. The summed E-state index contributed by atoms with van der Waals surface area (Å²) < 4.78 is 72.8. The van der Waals surface area contributed by atoms with Gasteiger partial charge in [-0.15, -0.1) is 0 Å². The molecule has 0 fully saturated rings. The highest BCUT2D eigenvalue weighted by atomic mass is 79.9. The Balaban J connectivity index is 1.53. The molecule has 0 aliphatic heterocycles. The van der Waals surface area contributed by atoms with E-state index >= 15 is 17.6 Å². The summed E-state index contributed by atoms with van der Waals surface area (Å²) in [6, 6.07) is 9.15. The summed E-state index contributed by atoms with van der Waals surface area (Å²) in [5.74, 6) is -13.3. The molecule has 4 aromatic heterocycles. The number of alkyl halides is 4. The van der Waals surface area contributed by atoms with E-state index in [2.05, 4.69) is 36.1 Å². The Morgan fingerprint density at radius 2 is 1.14 bits per heavy atom. The fourth-order valence-corrected chi connectivity index (χ4v) is 7.29. The molecular weight excluding hydrogens is 820 g/mol. The van der Waals surface area contributed by atoms with E-state index < -0.39 is 59.8 Å². The number of nitrogens with zero attached hydrogens (tertiary/aromatic N) is 10. The lowest BCUT2D eigenvalue weighted by Gasteiger charge is -2.27. The third-order valence-electron chi connectivity index (χ3n) is 9.45. The molecule has 0 aliphatic rings. The van der Waals surface area contributed by atoms with E-state index in [0.717, 1.165) is 9.13 Å². The lowest BCUT2D eigenvalue weighted by Crippen LogP contribution is -2.49. The van der Waals surface area contributed by atoms with Crippen LogP contribution in [0.4, 0.5) is 17.6 Å². The zero-order valence-corrected chi connectivity index (χ0v) is 33.1. The molecule has 6 aromatic rings. The molecule has 0 unspecified atom stereocenters. The van der Waals surface area contributed by atoms with Gasteiger partial charge in [-0.05, 0) is 86.1 Å². The maximum Gasteiger partial charge on any atom is 0.329 e. The predicted molar refractivity (Wildman–Crippen MR) is 202 cm³/mol. The summed E-state index contributed by atoms with van der Waals surface area (Å²) in [4.78, 5) is 59.5. The molecule has 0 bridgehead atoms. The van der Waals surface area contributed by atoms with Crippen LogP contribution in [0.3, 0.4) is 0 Å². The average Bonchev–Trinajstić information content (AvgIpc) is 3.86. The van der Waals surface area contributed by atoms with Crippen LogP contribution in [-0.4, -0.2) is 73.3 Å². The van der Waals surface area contributed by atoms with Gasteiger partial charge >= 0.3 is 11.8 Å². The standard InChI is InChI=1S/C36H37BrF4N12O4/c1-7-52-26(11-18(3)46-52)31(56)44-33-48(5)24-14-20(29(42)54)9-10-23(24)50(33)16-35(38,39)36(40,41)17-51-28-22(37)13-21(30(43)55)15-25(28)49(6)34(51)45-32(57)27-12-19(4)47-53(27)8-2/h9-15H,7-8,16-17H2,1-6H3,(H2,42,54)(H2,43,55)/b44-33+,45-34+. The van der Waals surface area contributed by atoms with Crippen molar-refractivity contribution in [1.82, 2.24) is 37.8 Å². The van der Waals surface area contributed by atoms with Gasteiger partial charge in [-0.2, -0.15) is 37.7 Å². The summed E-state index contributed by atoms with van der Waals surface area (Å²) in [6.07, 6.45) is 0. The van der Waals surface area contributed by atoms with Crippen LogP contribution in [-0.2, 0) is 40.3 Å². The highest BCUT2D eigenvalue weighted by molar-refractivity contribution is 9.10. The maximum absolute atomic E-state index is 16.5. The van der Waals surface area contributed by atoms with E-state index in [4.69, 9.17) is 11.5 Å². The largest absolute Gasteiger partial charge is 0.366 e. The number of amides is 4. The van der Waals surface area contributed by atoms with Crippen molar-refractivity contribution in [3.63, 3.8) is 0 Å². The number of fused-ring (bicyclic) bond motifs is 2. The fraction of sp³-hybridized carbons (Fsp3) is 0.333. The van der Waals surface area contributed by atoms with Crippen LogP contribution < -0.4 is 22.7 Å². The fourth-order valence-electron chi connectivity index (χ4n) is 6.63. The van der Waals surface area contributed by atoms with Gasteiger partial charge in [-0.25, -0.2) is 0 Å². The number of carbonyl (C=O) groups is 4. The molecule has 0 radical (unpaired) electrons. The number of carbonyl (C=O) groups excluding carboxylic acids is 4. The number of hydrogen-bond acceptors (Lipinski definition) is 6. The number of benzene rings is 2. The first-order chi connectivity index (χ1) is 26.7.